The number of hydrogen-bond donors (Lipinski definition) is 0. The first-order valence-corrected chi connectivity index (χ1v) is 6.00. The van der Waals surface area contributed by atoms with Crippen LogP contribution in [0.3, 0.4) is 0 Å². The fraction of sp³-hybridized carbons (Fsp3) is 1.00. The van der Waals surface area contributed by atoms with Gasteiger partial charge in [-0.05, 0) is 6.42 Å². The summed E-state index contributed by atoms with van der Waals surface area (Å²) in [4.78, 5) is 0. The molecule has 0 atom stereocenters. The number of hydrogen-bond acceptors (Lipinski definition) is 2. The molecule has 116 valence electrons. The molecule has 3 nitrogen and oxygen atoms in total. The van der Waals surface area contributed by atoms with Gasteiger partial charge in [-0.25, -0.2) is 12.8 Å². The molecule has 0 unspecified atom stereocenters. The van der Waals surface area contributed by atoms with Gasteiger partial charge in [0.05, 0.1) is 6.67 Å². The minimum absolute atomic E-state index is 0. The molecular formula is C7H8F8LiNO2S. The number of sulfonamides is 1. The summed E-state index contributed by atoms with van der Waals surface area (Å²) < 4.78 is 123. The van der Waals surface area contributed by atoms with Crippen molar-refractivity contribution < 1.29 is 62.4 Å². The number of alkyl halides is 8. The van der Waals surface area contributed by atoms with Crippen LogP contribution in [0.25, 0.3) is 4.72 Å². The summed E-state index contributed by atoms with van der Waals surface area (Å²) >= 11 is 0. The standard InChI is InChI=1S/C7H8F8NO2S.Li/c8-2-1-3-16-19(17,18)7(14,15)6(12,13)5(10,11)4-9;/h1-4H2;/q-1;+1. The smallest absolute Gasteiger partial charge is 0.543 e. The van der Waals surface area contributed by atoms with Crippen LogP contribution in [0.1, 0.15) is 6.42 Å². The van der Waals surface area contributed by atoms with Gasteiger partial charge in [0.1, 0.15) is 10.0 Å². The zero-order valence-electron chi connectivity index (χ0n) is 10.0. The van der Waals surface area contributed by atoms with E-state index in [1.807, 2.05) is 0 Å². The van der Waals surface area contributed by atoms with Crippen LogP contribution in [0.2, 0.25) is 0 Å². The maximum atomic E-state index is 12.9. The predicted octanol–water partition coefficient (Wildman–Crippen LogP) is -0.114. The molecule has 0 aliphatic rings. The summed E-state index contributed by atoms with van der Waals surface area (Å²) in [7, 11) is -6.35. The van der Waals surface area contributed by atoms with E-state index >= 15 is 0 Å². The van der Waals surface area contributed by atoms with E-state index in [2.05, 4.69) is 4.72 Å². The van der Waals surface area contributed by atoms with Crippen molar-refractivity contribution in [2.75, 3.05) is 19.9 Å². The summed E-state index contributed by atoms with van der Waals surface area (Å²) in [5, 5.41) is -6.31. The van der Waals surface area contributed by atoms with Crippen molar-refractivity contribution in [2.24, 2.45) is 0 Å². The molecule has 0 aliphatic carbocycles. The summed E-state index contributed by atoms with van der Waals surface area (Å²) in [5.74, 6) is -12.4. The molecule has 20 heavy (non-hydrogen) atoms. The number of halogens is 8. The molecule has 0 saturated heterocycles. The van der Waals surface area contributed by atoms with Gasteiger partial charge < -0.3 is 4.72 Å². The Morgan fingerprint density at radius 3 is 1.75 bits per heavy atom. The minimum Gasteiger partial charge on any atom is -0.543 e. The van der Waals surface area contributed by atoms with Gasteiger partial charge in [-0.2, -0.15) is 26.3 Å². The van der Waals surface area contributed by atoms with E-state index in [1.165, 1.54) is 0 Å². The molecule has 0 fully saturated rings. The molecule has 0 aromatic heterocycles. The predicted molar refractivity (Wildman–Crippen MR) is 48.6 cm³/mol. The second-order valence-corrected chi connectivity index (χ2v) is 5.02. The van der Waals surface area contributed by atoms with Crippen LogP contribution < -0.4 is 18.9 Å². The van der Waals surface area contributed by atoms with Crippen LogP contribution in [0.4, 0.5) is 35.1 Å². The van der Waals surface area contributed by atoms with E-state index < -0.39 is 53.4 Å². The molecule has 0 rings (SSSR count). The maximum absolute atomic E-state index is 12.9. The van der Waals surface area contributed by atoms with Gasteiger partial charge in [0.15, 0.2) is 6.67 Å². The van der Waals surface area contributed by atoms with Crippen molar-refractivity contribution in [2.45, 2.75) is 23.5 Å². The van der Waals surface area contributed by atoms with E-state index in [-0.39, 0.29) is 18.9 Å². The molecule has 13 heteroatoms. The molecular weight excluding hydrogens is 321 g/mol. The van der Waals surface area contributed by atoms with E-state index in [9.17, 15) is 43.5 Å². The van der Waals surface area contributed by atoms with Crippen LogP contribution in [0, 0.1) is 0 Å². The van der Waals surface area contributed by atoms with Crippen LogP contribution >= 0.6 is 0 Å². The normalized spacial score (nSPS) is 14.0. The second-order valence-electron chi connectivity index (χ2n) is 3.30. The Labute approximate surface area is 121 Å². The Balaban J connectivity index is 0. The van der Waals surface area contributed by atoms with Gasteiger partial charge in [0, 0.05) is 0 Å². The van der Waals surface area contributed by atoms with Crippen molar-refractivity contribution in [3.63, 3.8) is 0 Å². The largest absolute Gasteiger partial charge is 1.00 e. The molecule has 0 radical (unpaired) electrons. The van der Waals surface area contributed by atoms with Gasteiger partial charge in [0.25, 0.3) is 0 Å². The first-order chi connectivity index (χ1) is 8.37. The van der Waals surface area contributed by atoms with Crippen molar-refractivity contribution in [1.82, 2.24) is 0 Å². The molecule has 0 heterocycles. The average molecular weight is 329 g/mol. The van der Waals surface area contributed by atoms with Crippen molar-refractivity contribution in [1.29, 1.82) is 0 Å². The Morgan fingerprint density at radius 2 is 1.40 bits per heavy atom. The SMILES string of the molecule is O=S(=O)([N-]CCCF)C(F)(F)C(F)(F)C(F)(F)CF.[Li+]. The quantitative estimate of drug-likeness (QED) is 0.354. The van der Waals surface area contributed by atoms with Crippen LogP contribution in [-0.4, -0.2) is 45.4 Å². The van der Waals surface area contributed by atoms with E-state index in [1.54, 1.807) is 0 Å². The first-order valence-electron chi connectivity index (χ1n) is 4.56. The molecule has 0 bridgehead atoms. The van der Waals surface area contributed by atoms with E-state index in [4.69, 9.17) is 0 Å². The molecule has 0 amide bonds. The van der Waals surface area contributed by atoms with E-state index in [0.717, 1.165) is 0 Å². The molecule has 0 saturated carbocycles. The van der Waals surface area contributed by atoms with Crippen LogP contribution in [0.5, 0.6) is 0 Å². The average Bonchev–Trinajstić information content (AvgIpc) is 2.28. The third-order valence-corrected chi connectivity index (χ3v) is 3.30. The van der Waals surface area contributed by atoms with Gasteiger partial charge in [0.2, 0.25) is 0 Å². The monoisotopic (exact) mass is 329 g/mol. The Morgan fingerprint density at radius 1 is 0.950 bits per heavy atom. The third-order valence-electron chi connectivity index (χ3n) is 1.87. The van der Waals surface area contributed by atoms with Gasteiger partial charge in [-0.1, -0.05) is 0 Å². The number of rotatable bonds is 8. The fourth-order valence-corrected chi connectivity index (χ4v) is 1.79. The molecule has 0 aromatic carbocycles. The maximum Gasteiger partial charge on any atom is 1.00 e. The van der Waals surface area contributed by atoms with E-state index in [0.29, 0.717) is 0 Å². The Kier molecular flexibility index (Phi) is 8.10. The van der Waals surface area contributed by atoms with Gasteiger partial charge >= 0.3 is 36.0 Å². The van der Waals surface area contributed by atoms with Gasteiger partial charge in [-0.15, -0.1) is 6.54 Å². The summed E-state index contributed by atoms with van der Waals surface area (Å²) in [6, 6.07) is 0. The summed E-state index contributed by atoms with van der Waals surface area (Å²) in [5.41, 5.74) is 0. The van der Waals surface area contributed by atoms with Crippen molar-refractivity contribution >= 4 is 10.0 Å². The molecule has 0 spiro atoms. The first kappa shape index (κ1) is 22.2. The molecule has 0 aliphatic heterocycles. The second kappa shape index (κ2) is 7.28. The Bertz CT molecular complexity index is 402. The van der Waals surface area contributed by atoms with Crippen LogP contribution in [-0.2, 0) is 10.0 Å². The zero-order valence-corrected chi connectivity index (χ0v) is 10.8. The summed E-state index contributed by atoms with van der Waals surface area (Å²) in [6.45, 7) is -5.48. The topological polar surface area (TPSA) is 48.2 Å². The number of nitrogens with zero attached hydrogens (tertiary/aromatic N) is 1. The van der Waals surface area contributed by atoms with Crippen molar-refractivity contribution in [3.05, 3.63) is 4.72 Å². The Hall–Kier alpha value is -0.0526. The minimum atomic E-state index is -6.49. The summed E-state index contributed by atoms with van der Waals surface area (Å²) in [6.07, 6.45) is -0.680. The molecule has 0 aromatic rings. The van der Waals surface area contributed by atoms with Gasteiger partial charge in [-0.3, -0.25) is 4.39 Å². The fourth-order valence-electron chi connectivity index (χ4n) is 0.784. The zero-order chi connectivity index (χ0) is 15.5. The van der Waals surface area contributed by atoms with Crippen molar-refractivity contribution in [3.8, 4) is 0 Å². The van der Waals surface area contributed by atoms with Crippen LogP contribution in [0.15, 0.2) is 0 Å². The third kappa shape index (κ3) is 3.99. The molecule has 0 N–H and O–H groups in total.